The molecule has 2 aromatic rings. The fourth-order valence-corrected chi connectivity index (χ4v) is 6.70. The molecule has 1 heterocycles. The van der Waals surface area contributed by atoms with Crippen molar-refractivity contribution in [3.05, 3.63) is 48.0 Å². The molecule has 174 valence electrons. The highest BCUT2D eigenvalue weighted by molar-refractivity contribution is 7.91. The van der Waals surface area contributed by atoms with Crippen molar-refractivity contribution in [3.63, 3.8) is 0 Å². The molecule has 0 bridgehead atoms. The third kappa shape index (κ3) is 4.82. The number of hydrogen-bond acceptors (Lipinski definition) is 6. The minimum atomic E-state index is -3.89. The van der Waals surface area contributed by atoms with Gasteiger partial charge in [0.05, 0.1) is 23.4 Å². The average molecular weight is 481 g/mol. The molecule has 1 fully saturated rings. The number of amides is 1. The van der Waals surface area contributed by atoms with Gasteiger partial charge in [0, 0.05) is 18.2 Å². The van der Waals surface area contributed by atoms with E-state index in [1.807, 2.05) is 6.92 Å². The predicted molar refractivity (Wildman–Crippen MR) is 122 cm³/mol. The quantitative estimate of drug-likeness (QED) is 0.651. The van der Waals surface area contributed by atoms with E-state index in [0.717, 1.165) is 19.3 Å². The maximum Gasteiger partial charge on any atom is 0.255 e. The third-order valence-electron chi connectivity index (χ3n) is 5.60. The second kappa shape index (κ2) is 9.60. The molecule has 0 aromatic heterocycles. The summed E-state index contributed by atoms with van der Waals surface area (Å²) in [7, 11) is -6.07. The summed E-state index contributed by atoms with van der Waals surface area (Å²) in [4.78, 5) is 12.9. The van der Waals surface area contributed by atoms with E-state index in [9.17, 15) is 21.6 Å². The van der Waals surface area contributed by atoms with Crippen molar-refractivity contribution < 1.29 is 26.4 Å². The number of nitrogens with one attached hydrogen (secondary N) is 1. The van der Waals surface area contributed by atoms with E-state index in [1.165, 1.54) is 48.7 Å². The molecule has 3 rings (SSSR count). The number of benzene rings is 2. The molecule has 10 heteroatoms. The summed E-state index contributed by atoms with van der Waals surface area (Å²) in [5, 5.41) is 2.60. The first kappa shape index (κ1) is 24.2. The van der Waals surface area contributed by atoms with Crippen molar-refractivity contribution in [1.82, 2.24) is 4.31 Å². The van der Waals surface area contributed by atoms with Gasteiger partial charge in [-0.15, -0.1) is 0 Å². The van der Waals surface area contributed by atoms with Crippen LogP contribution in [0.4, 0.5) is 5.69 Å². The molecule has 1 N–H and O–H groups in total. The molecular weight excluding hydrogens is 452 g/mol. The SMILES string of the molecule is CCS(=O)(=O)c1ccccc1NC(=O)c1ccc(OC)c(S(=O)(=O)N2CCCCC2C)c1. The van der Waals surface area contributed by atoms with Gasteiger partial charge < -0.3 is 10.1 Å². The Morgan fingerprint density at radius 3 is 2.47 bits per heavy atom. The second-order valence-electron chi connectivity index (χ2n) is 7.68. The van der Waals surface area contributed by atoms with Gasteiger partial charge in [0.25, 0.3) is 5.91 Å². The van der Waals surface area contributed by atoms with Crippen LogP contribution in [0.1, 0.15) is 43.5 Å². The minimum Gasteiger partial charge on any atom is -0.495 e. The van der Waals surface area contributed by atoms with Gasteiger partial charge in [0.1, 0.15) is 10.6 Å². The van der Waals surface area contributed by atoms with Gasteiger partial charge in [-0.2, -0.15) is 4.31 Å². The summed E-state index contributed by atoms with van der Waals surface area (Å²) in [5.41, 5.74) is 0.224. The molecule has 1 aliphatic rings. The van der Waals surface area contributed by atoms with Crippen LogP contribution in [0, 0.1) is 0 Å². The number of anilines is 1. The molecule has 0 saturated carbocycles. The van der Waals surface area contributed by atoms with Crippen molar-refractivity contribution in [2.24, 2.45) is 0 Å². The highest BCUT2D eigenvalue weighted by atomic mass is 32.2. The first-order chi connectivity index (χ1) is 15.1. The standard InChI is InChI=1S/C22H28N2O6S2/c1-4-31(26,27)20-11-6-5-10-18(20)23-22(25)17-12-13-19(30-3)21(15-17)32(28,29)24-14-8-7-9-16(24)2/h5-6,10-13,15-16H,4,7-9,14H2,1-3H3,(H,23,25). The zero-order chi connectivity index (χ0) is 23.5. The first-order valence-electron chi connectivity index (χ1n) is 10.4. The molecule has 0 aliphatic carbocycles. The summed E-state index contributed by atoms with van der Waals surface area (Å²) in [6.07, 6.45) is 2.51. The zero-order valence-electron chi connectivity index (χ0n) is 18.4. The Morgan fingerprint density at radius 2 is 1.81 bits per heavy atom. The van der Waals surface area contributed by atoms with Crippen molar-refractivity contribution in [3.8, 4) is 5.75 Å². The number of ether oxygens (including phenoxy) is 1. The number of nitrogens with zero attached hydrogens (tertiary/aromatic N) is 1. The number of sulfonamides is 1. The van der Waals surface area contributed by atoms with Crippen molar-refractivity contribution in [1.29, 1.82) is 0 Å². The van der Waals surface area contributed by atoms with E-state index < -0.39 is 25.8 Å². The predicted octanol–water partition coefficient (Wildman–Crippen LogP) is 3.30. The van der Waals surface area contributed by atoms with Gasteiger partial charge in [-0.05, 0) is 50.1 Å². The van der Waals surface area contributed by atoms with Crippen molar-refractivity contribution in [2.45, 2.75) is 48.9 Å². The van der Waals surface area contributed by atoms with E-state index in [4.69, 9.17) is 4.74 Å². The number of carbonyl (C=O) groups excluding carboxylic acids is 1. The lowest BCUT2D eigenvalue weighted by Crippen LogP contribution is -2.42. The molecular formula is C22H28N2O6S2. The Balaban J connectivity index is 1.98. The highest BCUT2D eigenvalue weighted by Gasteiger charge is 2.33. The number of methoxy groups -OCH3 is 1. The fourth-order valence-electron chi connectivity index (χ4n) is 3.77. The van der Waals surface area contributed by atoms with Crippen LogP contribution in [-0.4, -0.2) is 52.5 Å². The van der Waals surface area contributed by atoms with Crippen LogP contribution in [-0.2, 0) is 19.9 Å². The van der Waals surface area contributed by atoms with Gasteiger partial charge >= 0.3 is 0 Å². The van der Waals surface area contributed by atoms with Gasteiger partial charge in [0.2, 0.25) is 10.0 Å². The molecule has 2 aromatic carbocycles. The zero-order valence-corrected chi connectivity index (χ0v) is 20.0. The van der Waals surface area contributed by atoms with Crippen LogP contribution in [0.15, 0.2) is 52.3 Å². The summed E-state index contributed by atoms with van der Waals surface area (Å²) in [6, 6.07) is 10.1. The van der Waals surface area contributed by atoms with Crippen LogP contribution in [0.5, 0.6) is 5.75 Å². The van der Waals surface area contributed by atoms with Crippen molar-refractivity contribution in [2.75, 3.05) is 24.7 Å². The monoisotopic (exact) mass is 480 g/mol. The molecule has 1 amide bonds. The molecule has 1 atom stereocenters. The molecule has 0 spiro atoms. The largest absolute Gasteiger partial charge is 0.495 e. The minimum absolute atomic E-state index is 0.0133. The van der Waals surface area contributed by atoms with Crippen molar-refractivity contribution >= 4 is 31.5 Å². The van der Waals surface area contributed by atoms with Crippen LogP contribution >= 0.6 is 0 Å². The first-order valence-corrected chi connectivity index (χ1v) is 13.5. The molecule has 0 radical (unpaired) electrons. The molecule has 1 unspecified atom stereocenters. The Kier molecular flexibility index (Phi) is 7.26. The fraction of sp³-hybridized carbons (Fsp3) is 0.409. The molecule has 1 saturated heterocycles. The molecule has 8 nitrogen and oxygen atoms in total. The Bertz CT molecular complexity index is 1210. The number of carbonyl (C=O) groups is 1. The third-order valence-corrected chi connectivity index (χ3v) is 9.43. The maximum absolute atomic E-state index is 13.4. The smallest absolute Gasteiger partial charge is 0.255 e. The number of para-hydroxylation sites is 1. The van der Waals surface area contributed by atoms with Gasteiger partial charge in [-0.25, -0.2) is 16.8 Å². The summed E-state index contributed by atoms with van der Waals surface area (Å²) >= 11 is 0. The lowest BCUT2D eigenvalue weighted by molar-refractivity contribution is 0.102. The number of sulfone groups is 1. The van der Waals surface area contributed by atoms with E-state index >= 15 is 0 Å². The molecule has 1 aliphatic heterocycles. The Labute approximate surface area is 189 Å². The van der Waals surface area contributed by atoms with Crippen LogP contribution in [0.2, 0.25) is 0 Å². The van der Waals surface area contributed by atoms with Crippen LogP contribution < -0.4 is 10.1 Å². The van der Waals surface area contributed by atoms with E-state index in [2.05, 4.69) is 5.32 Å². The summed E-state index contributed by atoms with van der Waals surface area (Å²) in [5.74, 6) is -0.582. The lowest BCUT2D eigenvalue weighted by atomic mass is 10.1. The average Bonchev–Trinajstić information content (AvgIpc) is 2.79. The summed E-state index contributed by atoms with van der Waals surface area (Å²) in [6.45, 7) is 3.80. The Morgan fingerprint density at radius 1 is 1.09 bits per heavy atom. The summed E-state index contributed by atoms with van der Waals surface area (Å²) < 4.78 is 58.2. The van der Waals surface area contributed by atoms with E-state index in [0.29, 0.717) is 6.54 Å². The number of hydrogen-bond donors (Lipinski definition) is 1. The topological polar surface area (TPSA) is 110 Å². The lowest BCUT2D eigenvalue weighted by Gasteiger charge is -2.32. The van der Waals surface area contributed by atoms with Gasteiger partial charge in [-0.3, -0.25) is 4.79 Å². The molecule has 32 heavy (non-hydrogen) atoms. The number of rotatable bonds is 7. The van der Waals surface area contributed by atoms with E-state index in [1.54, 1.807) is 12.1 Å². The Hall–Kier alpha value is -2.43. The van der Waals surface area contributed by atoms with Gasteiger partial charge in [0.15, 0.2) is 9.84 Å². The highest BCUT2D eigenvalue weighted by Crippen LogP contribution is 2.32. The maximum atomic E-state index is 13.4. The second-order valence-corrected chi connectivity index (χ2v) is 11.8. The van der Waals surface area contributed by atoms with Crippen LogP contribution in [0.25, 0.3) is 0 Å². The van der Waals surface area contributed by atoms with Crippen LogP contribution in [0.3, 0.4) is 0 Å². The number of piperidine rings is 1. The van der Waals surface area contributed by atoms with E-state index in [-0.39, 0.29) is 38.6 Å². The normalized spacial score (nSPS) is 17.7. The van der Waals surface area contributed by atoms with Gasteiger partial charge in [-0.1, -0.05) is 25.5 Å².